The van der Waals surface area contributed by atoms with Crippen molar-refractivity contribution in [3.8, 4) is 0 Å². The van der Waals surface area contributed by atoms with Crippen molar-refractivity contribution in [2.45, 2.75) is 17.4 Å². The van der Waals surface area contributed by atoms with Crippen molar-refractivity contribution in [1.82, 2.24) is 10.6 Å². The molecule has 0 spiro atoms. The van der Waals surface area contributed by atoms with Gasteiger partial charge in [0.25, 0.3) is 5.91 Å². The lowest BCUT2D eigenvalue weighted by atomic mass is 10.0. The first kappa shape index (κ1) is 16.0. The van der Waals surface area contributed by atoms with Crippen LogP contribution in [0.4, 0.5) is 4.39 Å². The second kappa shape index (κ2) is 7.14. The minimum absolute atomic E-state index is 0.0922. The molecule has 2 amide bonds. The van der Waals surface area contributed by atoms with Crippen LogP contribution in [0.2, 0.25) is 0 Å². The standard InChI is InChI=1S/C16H15FN2O2S2/c17-10-3-4-13-11(8-10)12(5-7-23-13)19-15(20)9-18-16(21)14-2-1-6-22-14/h1-4,6,8,12H,5,7,9H2,(H,18,21)(H,19,20). The topological polar surface area (TPSA) is 58.2 Å². The van der Waals surface area contributed by atoms with E-state index in [1.165, 1.54) is 23.5 Å². The monoisotopic (exact) mass is 350 g/mol. The molecule has 0 fully saturated rings. The molecule has 3 rings (SSSR count). The van der Waals surface area contributed by atoms with E-state index in [9.17, 15) is 14.0 Å². The minimum Gasteiger partial charge on any atom is -0.348 e. The smallest absolute Gasteiger partial charge is 0.261 e. The number of amides is 2. The van der Waals surface area contributed by atoms with E-state index < -0.39 is 0 Å². The van der Waals surface area contributed by atoms with E-state index in [4.69, 9.17) is 0 Å². The number of carbonyl (C=O) groups is 2. The SMILES string of the molecule is O=C(CNC(=O)c1cccs1)NC1CCSc2ccc(F)cc21. The molecule has 23 heavy (non-hydrogen) atoms. The number of nitrogens with one attached hydrogen (secondary N) is 2. The maximum absolute atomic E-state index is 13.4. The van der Waals surface area contributed by atoms with E-state index in [1.54, 1.807) is 35.3 Å². The van der Waals surface area contributed by atoms with Gasteiger partial charge in [-0.15, -0.1) is 23.1 Å². The molecule has 1 aliphatic rings. The van der Waals surface area contributed by atoms with Crippen LogP contribution in [0.1, 0.15) is 27.7 Å². The van der Waals surface area contributed by atoms with Crippen molar-refractivity contribution in [1.29, 1.82) is 0 Å². The molecule has 1 aromatic carbocycles. The van der Waals surface area contributed by atoms with Gasteiger partial charge >= 0.3 is 0 Å². The van der Waals surface area contributed by atoms with E-state index in [0.29, 0.717) is 4.88 Å². The zero-order valence-electron chi connectivity index (χ0n) is 12.2. The van der Waals surface area contributed by atoms with Crippen LogP contribution in [-0.4, -0.2) is 24.1 Å². The average Bonchev–Trinajstić information content (AvgIpc) is 3.08. The van der Waals surface area contributed by atoms with Crippen LogP contribution < -0.4 is 10.6 Å². The van der Waals surface area contributed by atoms with Crippen molar-refractivity contribution in [2.24, 2.45) is 0 Å². The Kier molecular flexibility index (Phi) is 4.97. The molecule has 2 heterocycles. The van der Waals surface area contributed by atoms with Crippen molar-refractivity contribution >= 4 is 34.9 Å². The molecule has 2 aromatic rings. The summed E-state index contributed by atoms with van der Waals surface area (Å²) in [4.78, 5) is 25.4. The molecule has 7 heteroatoms. The Hall–Kier alpha value is -1.86. The van der Waals surface area contributed by atoms with Crippen molar-refractivity contribution in [3.05, 3.63) is 52.0 Å². The highest BCUT2D eigenvalue weighted by molar-refractivity contribution is 7.99. The van der Waals surface area contributed by atoms with Gasteiger partial charge in [0.15, 0.2) is 0 Å². The number of benzene rings is 1. The molecular weight excluding hydrogens is 335 g/mol. The largest absolute Gasteiger partial charge is 0.348 e. The summed E-state index contributed by atoms with van der Waals surface area (Å²) in [6.07, 6.45) is 0.742. The number of hydrogen-bond acceptors (Lipinski definition) is 4. The average molecular weight is 350 g/mol. The molecule has 0 radical (unpaired) electrons. The Morgan fingerprint density at radius 3 is 2.96 bits per heavy atom. The summed E-state index contributed by atoms with van der Waals surface area (Å²) < 4.78 is 13.4. The maximum Gasteiger partial charge on any atom is 0.261 e. The van der Waals surface area contributed by atoms with Gasteiger partial charge in [0.1, 0.15) is 5.82 Å². The van der Waals surface area contributed by atoms with Crippen molar-refractivity contribution < 1.29 is 14.0 Å². The highest BCUT2D eigenvalue weighted by Gasteiger charge is 2.23. The van der Waals surface area contributed by atoms with Gasteiger partial charge in [0.05, 0.1) is 17.5 Å². The predicted molar refractivity (Wildman–Crippen MR) is 89.3 cm³/mol. The molecule has 1 atom stereocenters. The molecule has 120 valence electrons. The van der Waals surface area contributed by atoms with Crippen LogP contribution in [0.25, 0.3) is 0 Å². The number of thioether (sulfide) groups is 1. The van der Waals surface area contributed by atoms with E-state index in [0.717, 1.165) is 22.6 Å². The molecule has 1 aliphatic heterocycles. The van der Waals surface area contributed by atoms with Crippen LogP contribution in [0, 0.1) is 5.82 Å². The number of halogens is 1. The third-order valence-electron chi connectivity index (χ3n) is 3.50. The Balaban J connectivity index is 1.59. The van der Waals surface area contributed by atoms with Gasteiger partial charge in [-0.3, -0.25) is 9.59 Å². The first-order chi connectivity index (χ1) is 11.1. The first-order valence-corrected chi connectivity index (χ1v) is 9.03. The summed E-state index contributed by atoms with van der Waals surface area (Å²) in [6, 6.07) is 7.91. The van der Waals surface area contributed by atoms with Crippen molar-refractivity contribution in [3.63, 3.8) is 0 Å². The summed E-state index contributed by atoms with van der Waals surface area (Å²) >= 11 is 2.98. The third-order valence-corrected chi connectivity index (χ3v) is 5.49. The molecule has 4 nitrogen and oxygen atoms in total. The highest BCUT2D eigenvalue weighted by Crippen LogP contribution is 2.36. The summed E-state index contributed by atoms with van der Waals surface area (Å²) in [5, 5.41) is 7.27. The zero-order valence-corrected chi connectivity index (χ0v) is 13.8. The fourth-order valence-corrected chi connectivity index (χ4v) is 4.16. The number of hydrogen-bond donors (Lipinski definition) is 2. The molecule has 0 aliphatic carbocycles. The molecule has 2 N–H and O–H groups in total. The number of fused-ring (bicyclic) bond motifs is 1. The molecule has 0 saturated carbocycles. The summed E-state index contributed by atoms with van der Waals surface area (Å²) in [5.41, 5.74) is 0.805. The summed E-state index contributed by atoms with van der Waals surface area (Å²) in [7, 11) is 0. The molecule has 0 saturated heterocycles. The molecule has 0 bridgehead atoms. The molecular formula is C16H15FN2O2S2. The summed E-state index contributed by atoms with van der Waals surface area (Å²) in [6.45, 7) is -0.0922. The van der Waals surface area contributed by atoms with E-state index in [1.807, 2.05) is 0 Å². The van der Waals surface area contributed by atoms with Gasteiger partial charge < -0.3 is 10.6 Å². The second-order valence-electron chi connectivity index (χ2n) is 5.10. The predicted octanol–water partition coefficient (Wildman–Crippen LogP) is 2.97. The third kappa shape index (κ3) is 3.92. The minimum atomic E-state index is -0.309. The Morgan fingerprint density at radius 2 is 2.17 bits per heavy atom. The van der Waals surface area contributed by atoms with Crippen LogP contribution in [-0.2, 0) is 4.79 Å². The van der Waals surface area contributed by atoms with Gasteiger partial charge in [-0.2, -0.15) is 0 Å². The maximum atomic E-state index is 13.4. The summed E-state index contributed by atoms with van der Waals surface area (Å²) in [5.74, 6) is 0.0183. The molecule has 1 unspecified atom stereocenters. The van der Waals surface area contributed by atoms with Gasteiger partial charge in [0.2, 0.25) is 5.91 Å². The quantitative estimate of drug-likeness (QED) is 0.891. The lowest BCUT2D eigenvalue weighted by molar-refractivity contribution is -0.120. The van der Waals surface area contributed by atoms with E-state index >= 15 is 0 Å². The molecule has 1 aromatic heterocycles. The van der Waals surface area contributed by atoms with E-state index in [2.05, 4.69) is 10.6 Å². The Bertz CT molecular complexity index is 719. The lowest BCUT2D eigenvalue weighted by Crippen LogP contribution is -2.39. The normalized spacial score (nSPS) is 16.5. The lowest BCUT2D eigenvalue weighted by Gasteiger charge is -2.26. The van der Waals surface area contributed by atoms with Crippen LogP contribution in [0.3, 0.4) is 0 Å². The van der Waals surface area contributed by atoms with E-state index in [-0.39, 0.29) is 30.2 Å². The Morgan fingerprint density at radius 1 is 1.30 bits per heavy atom. The zero-order chi connectivity index (χ0) is 16.2. The fourth-order valence-electron chi connectivity index (χ4n) is 2.42. The van der Waals surface area contributed by atoms with Gasteiger partial charge in [-0.1, -0.05) is 6.07 Å². The van der Waals surface area contributed by atoms with Crippen molar-refractivity contribution in [2.75, 3.05) is 12.3 Å². The number of carbonyl (C=O) groups excluding carboxylic acids is 2. The second-order valence-corrected chi connectivity index (χ2v) is 7.18. The highest BCUT2D eigenvalue weighted by atomic mass is 32.2. The van der Waals surface area contributed by atoms with Crippen LogP contribution in [0.15, 0.2) is 40.6 Å². The van der Waals surface area contributed by atoms with Gasteiger partial charge in [-0.25, -0.2) is 4.39 Å². The number of thiophene rings is 1. The van der Waals surface area contributed by atoms with Gasteiger partial charge in [-0.05, 0) is 41.6 Å². The number of rotatable bonds is 4. The van der Waals surface area contributed by atoms with Crippen LogP contribution in [0.5, 0.6) is 0 Å². The first-order valence-electron chi connectivity index (χ1n) is 7.17. The fraction of sp³-hybridized carbons (Fsp3) is 0.250. The Labute approximate surface area is 141 Å². The van der Waals surface area contributed by atoms with Crippen LogP contribution >= 0.6 is 23.1 Å². The van der Waals surface area contributed by atoms with Gasteiger partial charge in [0, 0.05) is 10.6 Å².